The van der Waals surface area contributed by atoms with Gasteiger partial charge < -0.3 is 19.3 Å². The van der Waals surface area contributed by atoms with E-state index in [-0.39, 0.29) is 16.5 Å². The highest BCUT2D eigenvalue weighted by Gasteiger charge is 2.48. The molecule has 1 fully saturated rings. The molecule has 1 amide bonds. The second kappa shape index (κ2) is 8.90. The molecule has 1 N–H and O–H groups in total. The summed E-state index contributed by atoms with van der Waals surface area (Å²) in [6.45, 7) is 0.763. The van der Waals surface area contributed by atoms with Gasteiger partial charge in [0.05, 0.1) is 28.9 Å². The molecule has 3 heterocycles. The van der Waals surface area contributed by atoms with Crippen LogP contribution in [0, 0.1) is 5.82 Å². The van der Waals surface area contributed by atoms with Gasteiger partial charge in [0.25, 0.3) is 5.78 Å². The number of rotatable bonds is 4. The number of aromatic nitrogens is 1. The van der Waals surface area contributed by atoms with Crippen LogP contribution < -0.4 is 19.1 Å². The highest BCUT2D eigenvalue weighted by atomic mass is 32.1. The van der Waals surface area contributed by atoms with Gasteiger partial charge in [-0.1, -0.05) is 23.5 Å². The van der Waals surface area contributed by atoms with Crippen LogP contribution in [0.3, 0.4) is 0 Å². The molecular weight excluding hydrogens is 499 g/mol. The van der Waals surface area contributed by atoms with E-state index in [1.54, 1.807) is 42.5 Å². The first-order valence-electron chi connectivity index (χ1n) is 11.4. The molecule has 10 heteroatoms. The maximum absolute atomic E-state index is 13.8. The van der Waals surface area contributed by atoms with E-state index in [1.807, 2.05) is 0 Å². The van der Waals surface area contributed by atoms with Crippen LogP contribution in [0.1, 0.15) is 17.2 Å². The number of aliphatic hydroxyl groups excluding tert-OH is 1. The Hall–Kier alpha value is -4.44. The minimum Gasteiger partial charge on any atom is -0.507 e. The molecule has 1 saturated heterocycles. The summed E-state index contributed by atoms with van der Waals surface area (Å²) in [6, 6.07) is 14.8. The zero-order valence-electron chi connectivity index (χ0n) is 19.4. The summed E-state index contributed by atoms with van der Waals surface area (Å²) < 4.78 is 30.8. The number of benzene rings is 3. The van der Waals surface area contributed by atoms with Crippen molar-refractivity contribution < 1.29 is 33.3 Å². The van der Waals surface area contributed by atoms with Crippen molar-refractivity contribution >= 4 is 44.1 Å². The van der Waals surface area contributed by atoms with Crippen LogP contribution in [-0.4, -0.2) is 42.1 Å². The molecule has 8 nitrogen and oxygen atoms in total. The van der Waals surface area contributed by atoms with Crippen molar-refractivity contribution in [3.05, 3.63) is 83.2 Å². The van der Waals surface area contributed by atoms with Gasteiger partial charge >= 0.3 is 5.91 Å². The van der Waals surface area contributed by atoms with E-state index in [2.05, 4.69) is 4.98 Å². The van der Waals surface area contributed by atoms with E-state index < -0.39 is 23.5 Å². The maximum atomic E-state index is 13.8. The first-order valence-corrected chi connectivity index (χ1v) is 12.2. The highest BCUT2D eigenvalue weighted by molar-refractivity contribution is 7.22. The van der Waals surface area contributed by atoms with Crippen molar-refractivity contribution in [3.63, 3.8) is 0 Å². The number of halogens is 1. The van der Waals surface area contributed by atoms with Crippen LogP contribution in [-0.2, 0) is 9.59 Å². The summed E-state index contributed by atoms with van der Waals surface area (Å²) in [5.74, 6) is -0.961. The number of carbonyl (C=O) groups is 2. The molecule has 186 valence electrons. The quantitative estimate of drug-likeness (QED) is 0.235. The van der Waals surface area contributed by atoms with Gasteiger partial charge in [-0.05, 0) is 54.1 Å². The molecule has 2 aliphatic heterocycles. The number of Topliss-reactive ketones (excluding diaryl/α,β-unsaturated/α-hetero) is 1. The molecule has 3 aromatic carbocycles. The maximum Gasteiger partial charge on any atom is 0.301 e. The normalized spacial score (nSPS) is 18.4. The Morgan fingerprint density at radius 3 is 2.57 bits per heavy atom. The van der Waals surface area contributed by atoms with Gasteiger partial charge in [-0.25, -0.2) is 9.37 Å². The largest absolute Gasteiger partial charge is 0.507 e. The van der Waals surface area contributed by atoms with E-state index in [1.165, 1.54) is 30.2 Å². The van der Waals surface area contributed by atoms with Gasteiger partial charge in [-0.3, -0.25) is 14.5 Å². The van der Waals surface area contributed by atoms with Crippen LogP contribution in [0.5, 0.6) is 17.2 Å². The number of ketones is 1. The third-order valence-corrected chi connectivity index (χ3v) is 7.25. The highest BCUT2D eigenvalue weighted by Crippen LogP contribution is 2.45. The van der Waals surface area contributed by atoms with E-state index in [9.17, 15) is 19.1 Å². The number of fused-ring (bicyclic) bond motifs is 2. The lowest BCUT2D eigenvalue weighted by molar-refractivity contribution is -0.132. The summed E-state index contributed by atoms with van der Waals surface area (Å²) in [7, 11) is 1.53. The van der Waals surface area contributed by atoms with Crippen molar-refractivity contribution in [2.45, 2.75) is 6.04 Å². The number of hydrogen-bond donors (Lipinski definition) is 1. The minimum absolute atomic E-state index is 0.0997. The molecule has 2 aliphatic rings. The Morgan fingerprint density at radius 2 is 1.81 bits per heavy atom. The number of methoxy groups -OCH3 is 1. The fourth-order valence-corrected chi connectivity index (χ4v) is 5.48. The summed E-state index contributed by atoms with van der Waals surface area (Å²) >= 11 is 1.09. The first-order chi connectivity index (χ1) is 17.9. The standard InChI is InChI=1S/C27H19FN2O6S/c1-34-17-6-2-14(3-7-17)23-22(24(31)15-4-9-19-20(12-15)36-11-10-35-19)25(32)26(33)30(23)27-29-18-8-5-16(28)13-21(18)37-27/h2-9,12-13,23,31H,10-11H2,1H3. The summed E-state index contributed by atoms with van der Waals surface area (Å²) in [5, 5.41) is 11.6. The van der Waals surface area contributed by atoms with Crippen LogP contribution in [0.4, 0.5) is 9.52 Å². The number of nitrogens with zero attached hydrogens (tertiary/aromatic N) is 2. The molecule has 1 atom stereocenters. The van der Waals surface area contributed by atoms with Crippen molar-refractivity contribution in [2.24, 2.45) is 0 Å². The Bertz CT molecular complexity index is 1600. The SMILES string of the molecule is COc1ccc(C2C(=C(O)c3ccc4c(c3)OCCO4)C(=O)C(=O)N2c2nc3ccc(F)cc3s2)cc1. The van der Waals surface area contributed by atoms with Crippen LogP contribution in [0.2, 0.25) is 0 Å². The third kappa shape index (κ3) is 3.86. The molecule has 1 aromatic heterocycles. The topological polar surface area (TPSA) is 98.2 Å². The summed E-state index contributed by atoms with van der Waals surface area (Å²) in [4.78, 5) is 32.5. The number of thiazole rings is 1. The number of carbonyl (C=O) groups excluding carboxylic acids is 2. The molecule has 1 unspecified atom stereocenters. The zero-order valence-corrected chi connectivity index (χ0v) is 20.3. The predicted molar refractivity (Wildman–Crippen MR) is 135 cm³/mol. The number of ether oxygens (including phenoxy) is 3. The van der Waals surface area contributed by atoms with Gasteiger partial charge in [0.2, 0.25) is 0 Å². The lowest BCUT2D eigenvalue weighted by Gasteiger charge is -2.23. The third-order valence-electron chi connectivity index (χ3n) is 6.24. The number of amides is 1. The summed E-state index contributed by atoms with van der Waals surface area (Å²) in [6.07, 6.45) is 0. The van der Waals surface area contributed by atoms with Crippen molar-refractivity contribution in [1.29, 1.82) is 0 Å². The average molecular weight is 519 g/mol. The van der Waals surface area contributed by atoms with Gasteiger partial charge in [-0.2, -0.15) is 0 Å². The van der Waals surface area contributed by atoms with Gasteiger partial charge in [0, 0.05) is 5.56 Å². The Morgan fingerprint density at radius 1 is 1.05 bits per heavy atom. The molecule has 0 saturated carbocycles. The van der Waals surface area contributed by atoms with Crippen LogP contribution in [0.15, 0.2) is 66.2 Å². The molecule has 0 radical (unpaired) electrons. The number of aliphatic hydroxyl groups is 1. The van der Waals surface area contributed by atoms with Crippen molar-refractivity contribution in [1.82, 2.24) is 4.98 Å². The monoisotopic (exact) mass is 518 g/mol. The molecule has 37 heavy (non-hydrogen) atoms. The summed E-state index contributed by atoms with van der Waals surface area (Å²) in [5.41, 5.74) is 1.25. The Kier molecular flexibility index (Phi) is 5.53. The van der Waals surface area contributed by atoms with Crippen LogP contribution in [0.25, 0.3) is 16.0 Å². The lowest BCUT2D eigenvalue weighted by atomic mass is 9.95. The van der Waals surface area contributed by atoms with Gasteiger partial charge in [0.1, 0.15) is 30.5 Å². The molecule has 0 aliphatic carbocycles. The second-order valence-corrected chi connectivity index (χ2v) is 9.42. The predicted octanol–water partition coefficient (Wildman–Crippen LogP) is 4.84. The van der Waals surface area contributed by atoms with Crippen LogP contribution >= 0.6 is 11.3 Å². The van der Waals surface area contributed by atoms with E-state index >= 15 is 0 Å². The van der Waals surface area contributed by atoms with E-state index in [0.717, 1.165) is 11.3 Å². The average Bonchev–Trinajstić information content (AvgIpc) is 3.45. The molecule has 0 spiro atoms. The fraction of sp³-hybridized carbons (Fsp3) is 0.148. The molecular formula is C27H19FN2O6S. The Balaban J connectivity index is 1.53. The van der Waals surface area contributed by atoms with E-state index in [0.29, 0.717) is 51.8 Å². The number of hydrogen-bond acceptors (Lipinski definition) is 8. The van der Waals surface area contributed by atoms with Crippen molar-refractivity contribution in [2.75, 3.05) is 25.2 Å². The lowest BCUT2D eigenvalue weighted by Crippen LogP contribution is -2.29. The van der Waals surface area contributed by atoms with Gasteiger partial charge in [0.15, 0.2) is 16.6 Å². The fourth-order valence-electron chi connectivity index (χ4n) is 4.47. The first kappa shape index (κ1) is 23.0. The minimum atomic E-state index is -0.982. The molecule has 6 rings (SSSR count). The van der Waals surface area contributed by atoms with E-state index in [4.69, 9.17) is 14.2 Å². The Labute approximate surface area is 214 Å². The zero-order chi connectivity index (χ0) is 25.7. The molecule has 4 aromatic rings. The molecule has 0 bridgehead atoms. The van der Waals surface area contributed by atoms with Crippen molar-refractivity contribution in [3.8, 4) is 17.2 Å². The van der Waals surface area contributed by atoms with Gasteiger partial charge in [-0.15, -0.1) is 0 Å². The number of anilines is 1. The smallest absolute Gasteiger partial charge is 0.301 e. The second-order valence-electron chi connectivity index (χ2n) is 8.41.